The molecule has 2 N–H and O–H groups in total. The van der Waals surface area contributed by atoms with Crippen LogP contribution in [-0.2, 0) is 4.74 Å². The van der Waals surface area contributed by atoms with Crippen molar-refractivity contribution in [3.8, 4) is 5.75 Å². The summed E-state index contributed by atoms with van der Waals surface area (Å²) in [6.07, 6.45) is 1.36. The summed E-state index contributed by atoms with van der Waals surface area (Å²) in [5.41, 5.74) is 0.517. The van der Waals surface area contributed by atoms with Gasteiger partial charge in [-0.15, -0.1) is 0 Å². The van der Waals surface area contributed by atoms with Crippen LogP contribution in [0.1, 0.15) is 12.8 Å². The van der Waals surface area contributed by atoms with Gasteiger partial charge >= 0.3 is 12.1 Å². The maximum atomic E-state index is 12.0. The molecule has 1 aromatic rings. The van der Waals surface area contributed by atoms with Gasteiger partial charge in [0.25, 0.3) is 0 Å². The largest absolute Gasteiger partial charge is 0.495 e. The molecule has 0 aliphatic carbocycles. The number of benzene rings is 1. The van der Waals surface area contributed by atoms with E-state index in [9.17, 15) is 9.59 Å². The minimum Gasteiger partial charge on any atom is -0.495 e. The number of carbonyl (C=O) groups excluding carboxylic acids is 2. The van der Waals surface area contributed by atoms with Crippen molar-refractivity contribution >= 4 is 29.4 Å². The fraction of sp³-hybridized carbons (Fsp3) is 0.500. The summed E-state index contributed by atoms with van der Waals surface area (Å²) >= 11 is 5.94. The summed E-state index contributed by atoms with van der Waals surface area (Å²) in [5.74, 6) is 0.874. The first kappa shape index (κ1) is 18.2. The molecule has 1 aliphatic heterocycles. The fourth-order valence-electron chi connectivity index (χ4n) is 2.63. The van der Waals surface area contributed by atoms with Crippen LogP contribution in [0.4, 0.5) is 15.3 Å². The standard InChI is InChI=1S/C16H22ClN3O4/c1-23-14-4-3-12(17)9-13(14)19-15(21)18-10-11-5-7-20(8-6-11)16(22)24-2/h3-4,9,11H,5-8,10H2,1-2H3,(H2,18,19,21). The topological polar surface area (TPSA) is 79.9 Å². The van der Waals surface area contributed by atoms with Crippen molar-refractivity contribution in [3.63, 3.8) is 0 Å². The third-order valence-electron chi connectivity index (χ3n) is 4.01. The van der Waals surface area contributed by atoms with Crippen LogP contribution in [-0.4, -0.2) is 50.9 Å². The summed E-state index contributed by atoms with van der Waals surface area (Å²) in [7, 11) is 2.91. The number of anilines is 1. The van der Waals surface area contributed by atoms with E-state index in [4.69, 9.17) is 21.1 Å². The van der Waals surface area contributed by atoms with Crippen molar-refractivity contribution in [2.24, 2.45) is 5.92 Å². The second kappa shape index (κ2) is 8.63. The number of urea groups is 1. The zero-order valence-corrected chi connectivity index (χ0v) is 14.6. The summed E-state index contributed by atoms with van der Waals surface area (Å²) in [4.78, 5) is 25.2. The number of piperidine rings is 1. The molecule has 0 saturated carbocycles. The summed E-state index contributed by atoms with van der Waals surface area (Å²) < 4.78 is 9.90. The molecule has 1 aliphatic rings. The Kier molecular flexibility index (Phi) is 6.54. The van der Waals surface area contributed by atoms with Gasteiger partial charge in [-0.3, -0.25) is 0 Å². The molecule has 1 aromatic carbocycles. The third kappa shape index (κ3) is 4.92. The Morgan fingerprint density at radius 3 is 2.62 bits per heavy atom. The number of nitrogens with one attached hydrogen (secondary N) is 2. The van der Waals surface area contributed by atoms with Crippen molar-refractivity contribution in [2.45, 2.75) is 12.8 Å². The van der Waals surface area contributed by atoms with E-state index in [1.807, 2.05) is 0 Å². The summed E-state index contributed by atoms with van der Waals surface area (Å²) in [6.45, 7) is 1.83. The highest BCUT2D eigenvalue weighted by Gasteiger charge is 2.23. The van der Waals surface area contributed by atoms with Gasteiger partial charge in [0.05, 0.1) is 19.9 Å². The molecule has 0 radical (unpaired) electrons. The number of methoxy groups -OCH3 is 2. The molecule has 24 heavy (non-hydrogen) atoms. The number of halogens is 1. The first-order valence-corrected chi connectivity index (χ1v) is 8.12. The minimum absolute atomic E-state index is 0.299. The second-order valence-electron chi connectivity index (χ2n) is 5.58. The van der Waals surface area contributed by atoms with Crippen molar-refractivity contribution < 1.29 is 19.1 Å². The average Bonchev–Trinajstić information content (AvgIpc) is 2.60. The van der Waals surface area contributed by atoms with Gasteiger partial charge in [-0.1, -0.05) is 11.6 Å². The highest BCUT2D eigenvalue weighted by Crippen LogP contribution is 2.27. The number of hydrogen-bond donors (Lipinski definition) is 2. The summed E-state index contributed by atoms with van der Waals surface area (Å²) in [5, 5.41) is 6.10. The van der Waals surface area contributed by atoms with Gasteiger partial charge in [0.2, 0.25) is 0 Å². The number of amides is 3. The van der Waals surface area contributed by atoms with E-state index in [1.165, 1.54) is 14.2 Å². The SMILES string of the molecule is COC(=O)N1CCC(CNC(=O)Nc2cc(Cl)ccc2OC)CC1. The number of rotatable bonds is 4. The Morgan fingerprint density at radius 2 is 2.00 bits per heavy atom. The van der Waals surface area contributed by atoms with Gasteiger partial charge in [0, 0.05) is 24.7 Å². The normalized spacial score (nSPS) is 14.9. The van der Waals surface area contributed by atoms with E-state index in [1.54, 1.807) is 23.1 Å². The Bertz CT molecular complexity index is 589. The molecule has 1 heterocycles. The number of nitrogens with zero attached hydrogens (tertiary/aromatic N) is 1. The zero-order valence-electron chi connectivity index (χ0n) is 13.8. The second-order valence-corrected chi connectivity index (χ2v) is 6.02. The quantitative estimate of drug-likeness (QED) is 0.870. The maximum Gasteiger partial charge on any atom is 0.409 e. The lowest BCUT2D eigenvalue weighted by molar-refractivity contribution is 0.106. The first-order chi connectivity index (χ1) is 11.5. The van der Waals surface area contributed by atoms with Crippen LogP contribution in [0.3, 0.4) is 0 Å². The lowest BCUT2D eigenvalue weighted by Crippen LogP contribution is -2.42. The van der Waals surface area contributed by atoms with Crippen LogP contribution in [0.2, 0.25) is 5.02 Å². The van der Waals surface area contributed by atoms with E-state index >= 15 is 0 Å². The molecule has 0 bridgehead atoms. The Balaban J connectivity index is 1.78. The van der Waals surface area contributed by atoms with Gasteiger partial charge in [-0.25, -0.2) is 9.59 Å². The van der Waals surface area contributed by atoms with Crippen LogP contribution < -0.4 is 15.4 Å². The molecule has 1 saturated heterocycles. The molecule has 7 nitrogen and oxygen atoms in total. The average molecular weight is 356 g/mol. The van der Waals surface area contributed by atoms with Gasteiger partial charge in [0.1, 0.15) is 5.75 Å². The lowest BCUT2D eigenvalue weighted by Gasteiger charge is -2.30. The number of ether oxygens (including phenoxy) is 2. The zero-order chi connectivity index (χ0) is 17.5. The van der Waals surface area contributed by atoms with Gasteiger partial charge < -0.3 is 25.0 Å². The Labute approximate surface area is 146 Å². The molecule has 0 aromatic heterocycles. The molecule has 8 heteroatoms. The number of likely N-dealkylation sites (tertiary alicyclic amines) is 1. The Morgan fingerprint density at radius 1 is 1.29 bits per heavy atom. The highest BCUT2D eigenvalue weighted by atomic mass is 35.5. The minimum atomic E-state index is -0.314. The number of carbonyl (C=O) groups is 2. The van der Waals surface area contributed by atoms with Gasteiger partial charge in [0.15, 0.2) is 0 Å². The third-order valence-corrected chi connectivity index (χ3v) is 4.24. The smallest absolute Gasteiger partial charge is 0.409 e. The Hall–Kier alpha value is -2.15. The van der Waals surface area contributed by atoms with E-state index in [0.29, 0.717) is 42.0 Å². The number of hydrogen-bond acceptors (Lipinski definition) is 4. The molecular formula is C16H22ClN3O4. The predicted molar refractivity (Wildman–Crippen MR) is 91.7 cm³/mol. The fourth-order valence-corrected chi connectivity index (χ4v) is 2.80. The van der Waals surface area contributed by atoms with Crippen LogP contribution >= 0.6 is 11.6 Å². The van der Waals surface area contributed by atoms with E-state index in [0.717, 1.165) is 12.8 Å². The van der Waals surface area contributed by atoms with E-state index in [-0.39, 0.29) is 12.1 Å². The summed E-state index contributed by atoms with van der Waals surface area (Å²) in [6, 6.07) is 4.71. The van der Waals surface area contributed by atoms with Crippen LogP contribution in [0.5, 0.6) is 5.75 Å². The maximum absolute atomic E-state index is 12.0. The first-order valence-electron chi connectivity index (χ1n) is 7.74. The van der Waals surface area contributed by atoms with Gasteiger partial charge in [-0.05, 0) is 37.0 Å². The van der Waals surface area contributed by atoms with Crippen molar-refractivity contribution in [1.82, 2.24) is 10.2 Å². The predicted octanol–water partition coefficient (Wildman–Crippen LogP) is 2.95. The molecule has 3 amide bonds. The molecule has 0 spiro atoms. The van der Waals surface area contributed by atoms with Gasteiger partial charge in [-0.2, -0.15) is 0 Å². The monoisotopic (exact) mass is 355 g/mol. The molecule has 132 valence electrons. The van der Waals surface area contributed by atoms with Crippen molar-refractivity contribution in [2.75, 3.05) is 39.2 Å². The van der Waals surface area contributed by atoms with E-state index in [2.05, 4.69) is 10.6 Å². The molecule has 2 rings (SSSR count). The highest BCUT2D eigenvalue weighted by molar-refractivity contribution is 6.31. The van der Waals surface area contributed by atoms with Crippen LogP contribution in [0, 0.1) is 5.92 Å². The van der Waals surface area contributed by atoms with E-state index < -0.39 is 0 Å². The molecule has 0 unspecified atom stereocenters. The van der Waals surface area contributed by atoms with Crippen molar-refractivity contribution in [1.29, 1.82) is 0 Å². The van der Waals surface area contributed by atoms with Crippen LogP contribution in [0.25, 0.3) is 0 Å². The molecular weight excluding hydrogens is 334 g/mol. The van der Waals surface area contributed by atoms with Crippen molar-refractivity contribution in [3.05, 3.63) is 23.2 Å². The lowest BCUT2D eigenvalue weighted by atomic mass is 9.97. The molecule has 1 fully saturated rings. The van der Waals surface area contributed by atoms with Crippen LogP contribution in [0.15, 0.2) is 18.2 Å². The molecule has 0 atom stereocenters.